The molecule has 196 valence electrons. The van der Waals surface area contributed by atoms with Gasteiger partial charge in [0.1, 0.15) is 6.61 Å². The maximum absolute atomic E-state index is 6.08. The Morgan fingerprint density at radius 2 is 1.26 bits per heavy atom. The van der Waals surface area contributed by atoms with Crippen LogP contribution in [0.1, 0.15) is 62.9 Å². The molecular weight excluding hydrogens is 493 g/mol. The molecule has 7 rings (SSSR count). The highest BCUT2D eigenvalue weighted by Gasteiger charge is 2.48. The van der Waals surface area contributed by atoms with E-state index in [0.717, 1.165) is 25.3 Å². The Kier molecular flexibility index (Phi) is 6.01. The molecule has 0 bridgehead atoms. The van der Waals surface area contributed by atoms with Crippen LogP contribution in [0.15, 0.2) is 77.8 Å². The monoisotopic (exact) mass is 529 g/mol. The average Bonchev–Trinajstić information content (AvgIpc) is 3.64. The number of nitrogens with zero attached hydrogens (tertiary/aromatic N) is 1. The van der Waals surface area contributed by atoms with Crippen LogP contribution in [-0.2, 0) is 23.0 Å². The maximum Gasteiger partial charge on any atom is 0.216 e. The van der Waals surface area contributed by atoms with Crippen molar-refractivity contribution in [1.82, 2.24) is 0 Å². The molecule has 4 aromatic carbocycles. The van der Waals surface area contributed by atoms with Crippen molar-refractivity contribution in [3.05, 3.63) is 123 Å². The molecule has 0 N–H and O–H groups in total. The van der Waals surface area contributed by atoms with Gasteiger partial charge in [-0.2, -0.15) is 0 Å². The van der Waals surface area contributed by atoms with Crippen molar-refractivity contribution in [2.45, 2.75) is 58.8 Å². The topological polar surface area (TPSA) is 21.6 Å². The fraction of sp³-hybridized carbons (Fsp3) is 0.306. The van der Waals surface area contributed by atoms with Gasteiger partial charge in [0.2, 0.25) is 5.90 Å². The summed E-state index contributed by atoms with van der Waals surface area (Å²) in [6, 6.07) is 28.3. The van der Waals surface area contributed by atoms with Gasteiger partial charge in [0.15, 0.2) is 0 Å². The second-order valence-electron chi connectivity index (χ2n) is 11.8. The van der Waals surface area contributed by atoms with Crippen molar-refractivity contribution >= 4 is 29.7 Å². The summed E-state index contributed by atoms with van der Waals surface area (Å²) in [5.74, 6) is 0.852. The zero-order chi connectivity index (χ0) is 26.7. The van der Waals surface area contributed by atoms with Crippen LogP contribution in [0.5, 0.6) is 0 Å². The zero-order valence-electron chi connectivity index (χ0n) is 23.5. The lowest BCUT2D eigenvalue weighted by Gasteiger charge is -2.33. The van der Waals surface area contributed by atoms with Crippen LogP contribution < -0.4 is 15.9 Å². The van der Waals surface area contributed by atoms with E-state index in [0.29, 0.717) is 6.61 Å². The molecule has 0 saturated heterocycles. The summed E-state index contributed by atoms with van der Waals surface area (Å²) in [6.07, 6.45) is 4.58. The number of fused-ring (bicyclic) bond motifs is 4. The van der Waals surface area contributed by atoms with Crippen molar-refractivity contribution in [3.8, 4) is 0 Å². The Balaban J connectivity index is 1.50. The minimum atomic E-state index is -0.726. The molecule has 1 heterocycles. The lowest BCUT2D eigenvalue weighted by molar-refractivity contribution is 0.347. The van der Waals surface area contributed by atoms with Crippen molar-refractivity contribution in [3.63, 3.8) is 0 Å². The highest BCUT2D eigenvalue weighted by atomic mass is 31.1. The Labute approximate surface area is 233 Å². The summed E-state index contributed by atoms with van der Waals surface area (Å²) < 4.78 is 6.08. The number of hydrogen-bond donors (Lipinski definition) is 0. The molecule has 1 spiro atoms. The second kappa shape index (κ2) is 9.46. The molecule has 0 aromatic heterocycles. The van der Waals surface area contributed by atoms with Crippen LogP contribution >= 0.6 is 7.92 Å². The van der Waals surface area contributed by atoms with Crippen molar-refractivity contribution < 1.29 is 4.74 Å². The van der Waals surface area contributed by atoms with E-state index in [9.17, 15) is 0 Å². The van der Waals surface area contributed by atoms with E-state index in [4.69, 9.17) is 9.73 Å². The fourth-order valence-electron chi connectivity index (χ4n) is 7.62. The van der Waals surface area contributed by atoms with E-state index in [1.165, 1.54) is 73.3 Å². The molecule has 0 radical (unpaired) electrons. The molecule has 1 aliphatic heterocycles. The van der Waals surface area contributed by atoms with E-state index < -0.39 is 7.92 Å². The van der Waals surface area contributed by atoms with E-state index >= 15 is 0 Å². The van der Waals surface area contributed by atoms with E-state index in [2.05, 4.69) is 100 Å². The Bertz CT molecular complexity index is 1550. The summed E-state index contributed by atoms with van der Waals surface area (Å²) in [4.78, 5) is 4.78. The van der Waals surface area contributed by atoms with Gasteiger partial charge < -0.3 is 4.74 Å². The van der Waals surface area contributed by atoms with Gasteiger partial charge in [0.05, 0.1) is 6.54 Å². The quantitative estimate of drug-likeness (QED) is 0.272. The third kappa shape index (κ3) is 4.07. The molecule has 0 fully saturated rings. The Morgan fingerprint density at radius 1 is 0.692 bits per heavy atom. The minimum Gasteiger partial charge on any atom is -0.476 e. The highest BCUT2D eigenvalue weighted by Crippen LogP contribution is 2.55. The number of rotatable bonds is 4. The summed E-state index contributed by atoms with van der Waals surface area (Å²) in [6.45, 7) is 10.4. The van der Waals surface area contributed by atoms with Gasteiger partial charge in [-0.15, -0.1) is 0 Å². The highest BCUT2D eigenvalue weighted by molar-refractivity contribution is 7.80. The molecule has 0 saturated carbocycles. The lowest BCUT2D eigenvalue weighted by atomic mass is 9.74. The molecule has 3 heteroatoms. The van der Waals surface area contributed by atoms with Gasteiger partial charge in [0.25, 0.3) is 0 Å². The molecule has 39 heavy (non-hydrogen) atoms. The Morgan fingerprint density at radius 3 is 1.82 bits per heavy atom. The first-order valence-corrected chi connectivity index (χ1v) is 15.7. The van der Waals surface area contributed by atoms with Crippen LogP contribution in [0.4, 0.5) is 0 Å². The third-order valence-corrected chi connectivity index (χ3v) is 11.3. The number of aliphatic imine (C=N–C) groups is 1. The minimum absolute atomic E-state index is 0.0185. The first-order chi connectivity index (χ1) is 18.9. The van der Waals surface area contributed by atoms with Crippen molar-refractivity contribution in [2.75, 3.05) is 13.2 Å². The van der Waals surface area contributed by atoms with E-state index in [-0.39, 0.29) is 5.41 Å². The summed E-state index contributed by atoms with van der Waals surface area (Å²) in [5, 5.41) is 4.45. The maximum atomic E-state index is 6.08. The second-order valence-corrected chi connectivity index (χ2v) is 14.0. The standard InChI is InChI=1S/C36H36NOP/c1-23-17-24(2)20-29(19-23)39(30-21-25(3)18-26(4)22-30)32-10-6-8-28-12-14-36(34(28)32)13-11-27-7-5-9-31(33(27)36)35-37-15-16-38-35/h5-10,17-22H,11-16H2,1-4H3. The van der Waals surface area contributed by atoms with Crippen molar-refractivity contribution in [2.24, 2.45) is 4.99 Å². The fourth-order valence-corrected chi connectivity index (χ4v) is 10.6. The lowest BCUT2D eigenvalue weighted by Crippen LogP contribution is -2.33. The number of hydrogen-bond acceptors (Lipinski definition) is 2. The molecule has 1 atom stereocenters. The smallest absolute Gasteiger partial charge is 0.216 e. The van der Waals surface area contributed by atoms with Gasteiger partial charge in [-0.25, -0.2) is 4.99 Å². The number of benzene rings is 4. The van der Waals surface area contributed by atoms with E-state index in [1.54, 1.807) is 5.56 Å². The van der Waals surface area contributed by atoms with Crippen LogP contribution in [0, 0.1) is 27.7 Å². The largest absolute Gasteiger partial charge is 0.476 e. The molecule has 3 aliphatic rings. The van der Waals surface area contributed by atoms with Gasteiger partial charge in [-0.1, -0.05) is 89.0 Å². The number of ether oxygens (including phenoxy) is 1. The summed E-state index contributed by atoms with van der Waals surface area (Å²) in [7, 11) is -0.726. The van der Waals surface area contributed by atoms with Crippen LogP contribution in [0.3, 0.4) is 0 Å². The van der Waals surface area contributed by atoms with Crippen LogP contribution in [0.2, 0.25) is 0 Å². The van der Waals surface area contributed by atoms with Gasteiger partial charge in [0, 0.05) is 11.0 Å². The predicted octanol–water partition coefficient (Wildman–Crippen LogP) is 6.63. The first kappa shape index (κ1) is 24.8. The average molecular weight is 530 g/mol. The first-order valence-electron chi connectivity index (χ1n) is 14.3. The van der Waals surface area contributed by atoms with Crippen molar-refractivity contribution in [1.29, 1.82) is 0 Å². The van der Waals surface area contributed by atoms with Crippen LogP contribution in [0.25, 0.3) is 0 Å². The zero-order valence-corrected chi connectivity index (χ0v) is 24.4. The molecule has 1 unspecified atom stereocenters. The summed E-state index contributed by atoms with van der Waals surface area (Å²) >= 11 is 0. The predicted molar refractivity (Wildman–Crippen MR) is 165 cm³/mol. The molecule has 2 nitrogen and oxygen atoms in total. The number of aryl methyl sites for hydroxylation is 6. The molecule has 2 aliphatic carbocycles. The van der Waals surface area contributed by atoms with Crippen LogP contribution in [-0.4, -0.2) is 19.0 Å². The Hall–Kier alpha value is -3.22. The third-order valence-electron chi connectivity index (χ3n) is 8.86. The normalized spacial score (nSPS) is 19.4. The SMILES string of the molecule is Cc1cc(C)cc(P(c2cc(C)cc(C)c2)c2cccc3c2C2(CCc4cccc(C5=NCCO5)c42)CC3)c1. The van der Waals surface area contributed by atoms with Gasteiger partial charge in [-0.05, 0) is 106 Å². The molecule has 4 aromatic rings. The molecular formula is C36H36NOP. The van der Waals surface area contributed by atoms with Gasteiger partial charge >= 0.3 is 0 Å². The summed E-state index contributed by atoms with van der Waals surface area (Å²) in [5.41, 5.74) is 12.7. The van der Waals surface area contributed by atoms with E-state index in [1.807, 2.05) is 0 Å². The van der Waals surface area contributed by atoms with Gasteiger partial charge in [-0.3, -0.25) is 0 Å². The molecule has 0 amide bonds.